The summed E-state index contributed by atoms with van der Waals surface area (Å²) in [7, 11) is 0. The van der Waals surface area contributed by atoms with Gasteiger partial charge in [-0.2, -0.15) is 0 Å². The minimum absolute atomic E-state index is 0. The lowest BCUT2D eigenvalue weighted by Gasteiger charge is -2.33. The number of nitrogens with zero attached hydrogens (tertiary/aromatic N) is 1. The molecule has 6 nitrogen and oxygen atoms in total. The average molecular weight is 424 g/mol. The molecule has 0 radical (unpaired) electrons. The lowest BCUT2D eigenvalue weighted by molar-refractivity contribution is -0.128. The van der Waals surface area contributed by atoms with Gasteiger partial charge < -0.3 is 20.7 Å². The van der Waals surface area contributed by atoms with E-state index in [1.54, 1.807) is 0 Å². The number of benzene rings is 1. The van der Waals surface area contributed by atoms with Gasteiger partial charge in [0.1, 0.15) is 0 Å². The molecule has 7 heteroatoms. The monoisotopic (exact) mass is 423 g/mol. The number of nitrogens with two attached hydrogens (primary N) is 1. The van der Waals surface area contributed by atoms with Gasteiger partial charge in [0, 0.05) is 44.6 Å². The molecule has 0 spiro atoms. The molecule has 2 aliphatic rings. The number of likely N-dealkylation sites (tertiary alicyclic amines) is 1. The Kier molecular flexibility index (Phi) is 9.40. The van der Waals surface area contributed by atoms with Crippen molar-refractivity contribution in [3.8, 4) is 0 Å². The van der Waals surface area contributed by atoms with Gasteiger partial charge in [0.25, 0.3) is 0 Å². The van der Waals surface area contributed by atoms with Crippen LogP contribution in [0.3, 0.4) is 0 Å². The first-order valence-electron chi connectivity index (χ1n) is 10.6. The molecule has 1 saturated carbocycles. The van der Waals surface area contributed by atoms with Gasteiger partial charge in [0.2, 0.25) is 11.8 Å². The second-order valence-electron chi connectivity index (χ2n) is 7.99. The molecule has 2 fully saturated rings. The van der Waals surface area contributed by atoms with Crippen LogP contribution in [0, 0.1) is 5.92 Å². The third kappa shape index (κ3) is 6.43. The molecule has 162 valence electrons. The van der Waals surface area contributed by atoms with E-state index in [9.17, 15) is 9.59 Å². The number of carbonyl (C=O) groups is 2. The zero-order valence-electron chi connectivity index (χ0n) is 17.3. The summed E-state index contributed by atoms with van der Waals surface area (Å²) < 4.78 is 5.80. The Morgan fingerprint density at radius 1 is 1.28 bits per heavy atom. The Morgan fingerprint density at radius 3 is 2.69 bits per heavy atom. The highest BCUT2D eigenvalue weighted by molar-refractivity contribution is 5.85. The fraction of sp³-hybridized carbons (Fsp3) is 0.636. The van der Waals surface area contributed by atoms with Crippen LogP contribution in [0.4, 0.5) is 0 Å². The van der Waals surface area contributed by atoms with Crippen LogP contribution in [-0.2, 0) is 27.4 Å². The van der Waals surface area contributed by atoms with Crippen LogP contribution in [0.1, 0.15) is 56.6 Å². The second kappa shape index (κ2) is 11.5. The van der Waals surface area contributed by atoms with Gasteiger partial charge in [-0.25, -0.2) is 0 Å². The summed E-state index contributed by atoms with van der Waals surface area (Å²) in [4.78, 5) is 26.5. The number of hydrogen-bond acceptors (Lipinski definition) is 4. The van der Waals surface area contributed by atoms with Crippen molar-refractivity contribution in [1.29, 1.82) is 0 Å². The number of carbonyl (C=O) groups excluding carboxylic acids is 2. The van der Waals surface area contributed by atoms with Gasteiger partial charge in [-0.05, 0) is 43.2 Å². The number of rotatable bonds is 8. The molecular formula is C22H34ClN3O3. The predicted molar refractivity (Wildman–Crippen MR) is 116 cm³/mol. The Balaban J connectivity index is 0.00000300. The van der Waals surface area contributed by atoms with Gasteiger partial charge in [0.15, 0.2) is 0 Å². The predicted octanol–water partition coefficient (Wildman–Crippen LogP) is 2.77. The van der Waals surface area contributed by atoms with Crippen LogP contribution in [0.2, 0.25) is 0 Å². The molecule has 0 bridgehead atoms. The fourth-order valence-electron chi connectivity index (χ4n) is 4.18. The lowest BCUT2D eigenvalue weighted by Crippen LogP contribution is -2.46. The van der Waals surface area contributed by atoms with Crippen LogP contribution in [0.5, 0.6) is 0 Å². The maximum absolute atomic E-state index is 12.7. The molecule has 1 aliphatic heterocycles. The molecule has 1 saturated heterocycles. The Morgan fingerprint density at radius 2 is 2.03 bits per heavy atom. The Labute approximate surface area is 179 Å². The largest absolute Gasteiger partial charge is 0.377 e. The number of amides is 2. The Hall–Kier alpha value is -1.63. The SMILES string of the molecule is CCCO[C@@H]1CC[C@H](C(=O)NCc2ccccc2CN2CCCC2=O)C[C@H]1N.Cl. The molecule has 0 aromatic heterocycles. The molecule has 1 aliphatic carbocycles. The third-order valence-corrected chi connectivity index (χ3v) is 5.84. The maximum atomic E-state index is 12.7. The molecule has 3 atom stereocenters. The minimum Gasteiger partial charge on any atom is -0.377 e. The van der Waals surface area contributed by atoms with Crippen molar-refractivity contribution in [2.24, 2.45) is 11.7 Å². The highest BCUT2D eigenvalue weighted by Gasteiger charge is 2.32. The van der Waals surface area contributed by atoms with E-state index < -0.39 is 0 Å². The first-order valence-corrected chi connectivity index (χ1v) is 10.6. The van der Waals surface area contributed by atoms with E-state index in [4.69, 9.17) is 10.5 Å². The number of ether oxygens (including phenoxy) is 1. The van der Waals surface area contributed by atoms with E-state index in [1.807, 2.05) is 29.2 Å². The van der Waals surface area contributed by atoms with E-state index in [-0.39, 0.29) is 42.3 Å². The van der Waals surface area contributed by atoms with Crippen molar-refractivity contribution >= 4 is 24.2 Å². The topological polar surface area (TPSA) is 84.7 Å². The molecule has 1 heterocycles. The average Bonchev–Trinajstić information content (AvgIpc) is 3.10. The molecule has 3 rings (SSSR count). The summed E-state index contributed by atoms with van der Waals surface area (Å²) in [6, 6.07) is 7.95. The highest BCUT2D eigenvalue weighted by atomic mass is 35.5. The first kappa shape index (κ1) is 23.6. The zero-order valence-corrected chi connectivity index (χ0v) is 18.1. The molecule has 2 amide bonds. The Bertz CT molecular complexity index is 685. The molecule has 0 unspecified atom stereocenters. The standard InChI is InChI=1S/C22H33N3O3.ClH/c1-2-12-28-20-10-9-16(13-19(20)23)22(27)24-14-17-6-3-4-7-18(17)15-25-11-5-8-21(25)26;/h3-4,6-7,16,19-20H,2,5,8-15,23H2,1H3,(H,24,27);1H/t16-,19+,20+;/m0./s1. The van der Waals surface area contributed by atoms with E-state index >= 15 is 0 Å². The molecule has 1 aromatic carbocycles. The van der Waals surface area contributed by atoms with E-state index in [0.29, 0.717) is 25.9 Å². The van der Waals surface area contributed by atoms with E-state index in [2.05, 4.69) is 12.2 Å². The van der Waals surface area contributed by atoms with Gasteiger partial charge >= 0.3 is 0 Å². The molecule has 29 heavy (non-hydrogen) atoms. The molecule has 1 aromatic rings. The van der Waals surface area contributed by atoms with Crippen LogP contribution < -0.4 is 11.1 Å². The van der Waals surface area contributed by atoms with Gasteiger partial charge in [-0.3, -0.25) is 9.59 Å². The fourth-order valence-corrected chi connectivity index (χ4v) is 4.18. The highest BCUT2D eigenvalue weighted by Crippen LogP contribution is 2.26. The number of hydrogen-bond donors (Lipinski definition) is 2. The quantitative estimate of drug-likeness (QED) is 0.673. The van der Waals surface area contributed by atoms with Gasteiger partial charge in [-0.1, -0.05) is 31.2 Å². The van der Waals surface area contributed by atoms with Gasteiger partial charge in [0.05, 0.1) is 6.10 Å². The van der Waals surface area contributed by atoms with Crippen molar-refractivity contribution in [2.75, 3.05) is 13.2 Å². The van der Waals surface area contributed by atoms with Crippen LogP contribution in [0.15, 0.2) is 24.3 Å². The van der Waals surface area contributed by atoms with Crippen molar-refractivity contribution < 1.29 is 14.3 Å². The maximum Gasteiger partial charge on any atom is 0.223 e. The van der Waals surface area contributed by atoms with E-state index in [1.165, 1.54) is 0 Å². The van der Waals surface area contributed by atoms with Crippen LogP contribution >= 0.6 is 12.4 Å². The smallest absolute Gasteiger partial charge is 0.223 e. The third-order valence-electron chi connectivity index (χ3n) is 5.84. The van der Waals surface area contributed by atoms with Crippen LogP contribution in [0.25, 0.3) is 0 Å². The normalized spacial score (nSPS) is 24.3. The van der Waals surface area contributed by atoms with Crippen molar-refractivity contribution in [1.82, 2.24) is 10.2 Å². The summed E-state index contributed by atoms with van der Waals surface area (Å²) in [5, 5.41) is 3.08. The summed E-state index contributed by atoms with van der Waals surface area (Å²) in [6.45, 7) is 4.74. The summed E-state index contributed by atoms with van der Waals surface area (Å²) in [5.74, 6) is 0.232. The summed E-state index contributed by atoms with van der Waals surface area (Å²) in [6.07, 6.45) is 4.96. The second-order valence-corrected chi connectivity index (χ2v) is 7.99. The van der Waals surface area contributed by atoms with Gasteiger partial charge in [-0.15, -0.1) is 12.4 Å². The summed E-state index contributed by atoms with van der Waals surface area (Å²) >= 11 is 0. The van der Waals surface area contributed by atoms with Crippen molar-refractivity contribution in [2.45, 2.75) is 70.7 Å². The van der Waals surface area contributed by atoms with Crippen molar-refractivity contribution in [3.63, 3.8) is 0 Å². The van der Waals surface area contributed by atoms with Crippen LogP contribution in [-0.4, -0.2) is 42.0 Å². The molecule has 3 N–H and O–H groups in total. The van der Waals surface area contributed by atoms with Crippen molar-refractivity contribution in [3.05, 3.63) is 35.4 Å². The number of halogens is 1. The number of nitrogens with one attached hydrogen (secondary N) is 1. The molecular weight excluding hydrogens is 390 g/mol. The first-order chi connectivity index (χ1) is 13.6. The van der Waals surface area contributed by atoms with E-state index in [0.717, 1.165) is 50.0 Å². The lowest BCUT2D eigenvalue weighted by atomic mass is 9.83. The minimum atomic E-state index is -0.0792. The zero-order chi connectivity index (χ0) is 19.9. The summed E-state index contributed by atoms with van der Waals surface area (Å²) in [5.41, 5.74) is 8.41.